The molecule has 1 aromatic heterocycles. The van der Waals surface area contributed by atoms with E-state index in [2.05, 4.69) is 22.1 Å². The summed E-state index contributed by atoms with van der Waals surface area (Å²) in [6.07, 6.45) is 1.69. The molecule has 0 unspecified atom stereocenters. The van der Waals surface area contributed by atoms with Gasteiger partial charge < -0.3 is 14.6 Å². The Labute approximate surface area is 83.6 Å². The van der Waals surface area contributed by atoms with Gasteiger partial charge in [0, 0.05) is 13.6 Å². The molecular formula is C10H15N3O. The Morgan fingerprint density at radius 2 is 2.50 bits per heavy atom. The summed E-state index contributed by atoms with van der Waals surface area (Å²) < 4.78 is 5.30. The van der Waals surface area contributed by atoms with E-state index in [-0.39, 0.29) is 6.04 Å². The van der Waals surface area contributed by atoms with E-state index in [1.807, 2.05) is 19.2 Å². The summed E-state index contributed by atoms with van der Waals surface area (Å²) in [7, 11) is 2.04. The van der Waals surface area contributed by atoms with Gasteiger partial charge in [0.2, 0.25) is 0 Å². The number of nitrogens with one attached hydrogen (secondary N) is 1. The van der Waals surface area contributed by atoms with Gasteiger partial charge in [-0.3, -0.25) is 4.99 Å². The van der Waals surface area contributed by atoms with Gasteiger partial charge in [-0.15, -0.1) is 0 Å². The molecule has 0 saturated heterocycles. The summed E-state index contributed by atoms with van der Waals surface area (Å²) in [4.78, 5) is 6.47. The van der Waals surface area contributed by atoms with Gasteiger partial charge in [0.15, 0.2) is 5.96 Å². The third kappa shape index (κ3) is 1.73. The minimum absolute atomic E-state index is 0.171. The molecule has 0 radical (unpaired) electrons. The SMILES string of the molecule is C[C@@H](NC1=NCCN1C)c1ccco1. The van der Waals surface area contributed by atoms with Gasteiger partial charge in [-0.2, -0.15) is 0 Å². The lowest BCUT2D eigenvalue weighted by Crippen LogP contribution is -2.36. The van der Waals surface area contributed by atoms with Crippen molar-refractivity contribution in [1.82, 2.24) is 10.2 Å². The molecule has 0 saturated carbocycles. The molecule has 1 N–H and O–H groups in total. The second-order valence-electron chi connectivity index (χ2n) is 3.51. The van der Waals surface area contributed by atoms with Gasteiger partial charge in [-0.25, -0.2) is 0 Å². The van der Waals surface area contributed by atoms with E-state index in [1.165, 1.54) is 0 Å². The lowest BCUT2D eigenvalue weighted by Gasteiger charge is -2.18. The van der Waals surface area contributed by atoms with E-state index in [9.17, 15) is 0 Å². The highest BCUT2D eigenvalue weighted by atomic mass is 16.3. The number of likely N-dealkylation sites (N-methyl/N-ethyl adjacent to an activating group) is 1. The van der Waals surface area contributed by atoms with Crippen LogP contribution in [0.2, 0.25) is 0 Å². The Morgan fingerprint density at radius 3 is 3.07 bits per heavy atom. The quantitative estimate of drug-likeness (QED) is 0.768. The Balaban J connectivity index is 1.98. The molecule has 2 rings (SSSR count). The minimum Gasteiger partial charge on any atom is -0.467 e. The number of guanidine groups is 1. The fourth-order valence-electron chi connectivity index (χ4n) is 1.49. The van der Waals surface area contributed by atoms with Crippen LogP contribution in [-0.4, -0.2) is 31.0 Å². The van der Waals surface area contributed by atoms with E-state index in [4.69, 9.17) is 4.42 Å². The fraction of sp³-hybridized carbons (Fsp3) is 0.500. The molecule has 2 heterocycles. The van der Waals surface area contributed by atoms with Crippen molar-refractivity contribution in [3.05, 3.63) is 24.2 Å². The number of nitrogens with zero attached hydrogens (tertiary/aromatic N) is 2. The summed E-state index contributed by atoms with van der Waals surface area (Å²) in [5.74, 6) is 1.89. The maximum atomic E-state index is 5.30. The second-order valence-corrected chi connectivity index (χ2v) is 3.51. The van der Waals surface area contributed by atoms with Crippen LogP contribution in [0.5, 0.6) is 0 Å². The number of aliphatic imine (C=N–C) groups is 1. The largest absolute Gasteiger partial charge is 0.467 e. The zero-order valence-corrected chi connectivity index (χ0v) is 8.53. The summed E-state index contributed by atoms with van der Waals surface area (Å²) in [6.45, 7) is 3.93. The highest BCUT2D eigenvalue weighted by molar-refractivity contribution is 5.81. The molecule has 0 fully saturated rings. The van der Waals surface area contributed by atoms with E-state index >= 15 is 0 Å². The minimum atomic E-state index is 0.171. The van der Waals surface area contributed by atoms with Crippen LogP contribution in [0.3, 0.4) is 0 Å². The zero-order chi connectivity index (χ0) is 9.97. The molecular weight excluding hydrogens is 178 g/mol. The van der Waals surface area contributed by atoms with Gasteiger partial charge in [-0.05, 0) is 19.1 Å². The van der Waals surface area contributed by atoms with Gasteiger partial charge in [0.25, 0.3) is 0 Å². The Morgan fingerprint density at radius 1 is 1.64 bits per heavy atom. The molecule has 0 amide bonds. The Bertz CT molecular complexity index is 318. The summed E-state index contributed by atoms with van der Waals surface area (Å²) >= 11 is 0. The second kappa shape index (κ2) is 3.74. The van der Waals surface area contributed by atoms with Gasteiger partial charge in [-0.1, -0.05) is 0 Å². The third-order valence-electron chi connectivity index (χ3n) is 2.37. The molecule has 0 aromatic carbocycles. The van der Waals surface area contributed by atoms with E-state index in [0.717, 1.165) is 24.8 Å². The van der Waals surface area contributed by atoms with E-state index < -0.39 is 0 Å². The zero-order valence-electron chi connectivity index (χ0n) is 8.53. The highest BCUT2D eigenvalue weighted by Crippen LogP contribution is 2.13. The van der Waals surface area contributed by atoms with Gasteiger partial charge in [0.1, 0.15) is 5.76 Å². The first-order valence-corrected chi connectivity index (χ1v) is 4.83. The molecule has 1 atom stereocenters. The predicted molar refractivity (Wildman–Crippen MR) is 55.2 cm³/mol. The van der Waals surface area contributed by atoms with Crippen molar-refractivity contribution in [2.45, 2.75) is 13.0 Å². The van der Waals surface area contributed by atoms with Crippen LogP contribution in [0.15, 0.2) is 27.8 Å². The van der Waals surface area contributed by atoms with E-state index in [0.29, 0.717) is 0 Å². The van der Waals surface area contributed by atoms with Crippen LogP contribution in [-0.2, 0) is 0 Å². The lowest BCUT2D eigenvalue weighted by atomic mass is 10.2. The maximum Gasteiger partial charge on any atom is 0.194 e. The third-order valence-corrected chi connectivity index (χ3v) is 2.37. The van der Waals surface area contributed by atoms with Crippen LogP contribution in [0, 0.1) is 0 Å². The average Bonchev–Trinajstić information content (AvgIpc) is 2.77. The molecule has 0 spiro atoms. The molecule has 1 aromatic rings. The topological polar surface area (TPSA) is 40.8 Å². The maximum absolute atomic E-state index is 5.30. The first-order chi connectivity index (χ1) is 6.77. The monoisotopic (exact) mass is 193 g/mol. The first kappa shape index (κ1) is 9.12. The molecule has 0 aliphatic carbocycles. The lowest BCUT2D eigenvalue weighted by molar-refractivity contribution is 0.447. The average molecular weight is 193 g/mol. The standard InChI is InChI=1S/C10H15N3O/c1-8(9-4-3-7-14-9)12-10-11-5-6-13(10)2/h3-4,7-8H,5-6H2,1-2H3,(H,11,12)/t8-/m1/s1. The van der Waals surface area contributed by atoms with Crippen LogP contribution in [0.1, 0.15) is 18.7 Å². The molecule has 4 nitrogen and oxygen atoms in total. The fourth-order valence-corrected chi connectivity index (χ4v) is 1.49. The molecule has 0 bridgehead atoms. The summed E-state index contributed by atoms with van der Waals surface area (Å²) in [6, 6.07) is 4.03. The summed E-state index contributed by atoms with van der Waals surface area (Å²) in [5.41, 5.74) is 0. The van der Waals surface area contributed by atoms with Gasteiger partial charge in [0.05, 0.1) is 18.8 Å². The summed E-state index contributed by atoms with van der Waals surface area (Å²) in [5, 5.41) is 3.31. The van der Waals surface area contributed by atoms with Crippen molar-refractivity contribution in [2.24, 2.45) is 4.99 Å². The Kier molecular flexibility index (Phi) is 2.43. The smallest absolute Gasteiger partial charge is 0.194 e. The van der Waals surface area contributed by atoms with Crippen molar-refractivity contribution >= 4 is 5.96 Å². The van der Waals surface area contributed by atoms with Crippen molar-refractivity contribution in [1.29, 1.82) is 0 Å². The highest BCUT2D eigenvalue weighted by Gasteiger charge is 2.16. The molecule has 4 heteroatoms. The molecule has 1 aliphatic heterocycles. The number of hydrogen-bond donors (Lipinski definition) is 1. The number of hydrogen-bond acceptors (Lipinski definition) is 4. The van der Waals surface area contributed by atoms with Crippen LogP contribution < -0.4 is 5.32 Å². The van der Waals surface area contributed by atoms with Crippen molar-refractivity contribution < 1.29 is 4.42 Å². The molecule has 76 valence electrons. The normalized spacial score (nSPS) is 18.1. The first-order valence-electron chi connectivity index (χ1n) is 4.83. The van der Waals surface area contributed by atoms with Crippen molar-refractivity contribution in [3.8, 4) is 0 Å². The number of furan rings is 1. The Hall–Kier alpha value is -1.45. The molecule has 14 heavy (non-hydrogen) atoms. The number of rotatable bonds is 2. The van der Waals surface area contributed by atoms with Crippen LogP contribution >= 0.6 is 0 Å². The van der Waals surface area contributed by atoms with E-state index in [1.54, 1.807) is 6.26 Å². The van der Waals surface area contributed by atoms with Crippen LogP contribution in [0.4, 0.5) is 0 Å². The van der Waals surface area contributed by atoms with Crippen LogP contribution in [0.25, 0.3) is 0 Å². The van der Waals surface area contributed by atoms with Crippen molar-refractivity contribution in [3.63, 3.8) is 0 Å². The van der Waals surface area contributed by atoms with Gasteiger partial charge >= 0.3 is 0 Å². The molecule has 1 aliphatic rings. The predicted octanol–water partition coefficient (Wildman–Crippen LogP) is 1.23. The van der Waals surface area contributed by atoms with Crippen molar-refractivity contribution in [2.75, 3.05) is 20.1 Å².